The molecule has 1 aliphatic carbocycles. The molecule has 0 spiro atoms. The van der Waals surface area contributed by atoms with E-state index in [1.807, 2.05) is 13.8 Å². The van der Waals surface area contributed by atoms with E-state index in [0.29, 0.717) is 18.0 Å². The van der Waals surface area contributed by atoms with Crippen molar-refractivity contribution in [3.63, 3.8) is 0 Å². The Morgan fingerprint density at radius 3 is 2.78 bits per heavy atom. The number of pyridine rings is 1. The smallest absolute Gasteiger partial charge is 0.410 e. The second-order valence-electron chi connectivity index (χ2n) is 9.33. The lowest BCUT2D eigenvalue weighted by atomic mass is 10.1. The molecule has 1 amide bonds. The minimum Gasteiger partial charge on any atom is -0.496 e. The molecule has 0 aromatic carbocycles. The summed E-state index contributed by atoms with van der Waals surface area (Å²) >= 11 is 1.34. The van der Waals surface area contributed by atoms with Crippen LogP contribution in [0.2, 0.25) is 0 Å². The average Bonchev–Trinajstić information content (AvgIpc) is 3.11. The van der Waals surface area contributed by atoms with E-state index in [4.69, 9.17) is 14.9 Å². The van der Waals surface area contributed by atoms with Crippen molar-refractivity contribution >= 4 is 23.9 Å². The summed E-state index contributed by atoms with van der Waals surface area (Å²) in [6, 6.07) is 2.14. The molecule has 36 heavy (non-hydrogen) atoms. The van der Waals surface area contributed by atoms with Crippen LogP contribution in [-0.2, 0) is 18.7 Å². The van der Waals surface area contributed by atoms with Crippen LogP contribution >= 0.6 is 11.9 Å². The molecule has 1 aromatic rings. The quantitative estimate of drug-likeness (QED) is 0.484. The van der Waals surface area contributed by atoms with Gasteiger partial charge in [0.25, 0.3) is 0 Å². The van der Waals surface area contributed by atoms with Gasteiger partial charge in [0.2, 0.25) is 0 Å². The maximum absolute atomic E-state index is 11.5. The lowest BCUT2D eigenvalue weighted by Crippen LogP contribution is -2.32. The van der Waals surface area contributed by atoms with Crippen molar-refractivity contribution in [2.75, 3.05) is 26.7 Å². The topological polar surface area (TPSA) is 118 Å². The Morgan fingerprint density at radius 2 is 2.03 bits per heavy atom. The number of piperidine rings is 1. The van der Waals surface area contributed by atoms with Crippen LogP contribution in [0.15, 0.2) is 16.7 Å². The maximum atomic E-state index is 11.5. The first-order chi connectivity index (χ1) is 17.4. The minimum absolute atomic E-state index is 0.228. The van der Waals surface area contributed by atoms with E-state index >= 15 is 0 Å². The first-order valence-electron chi connectivity index (χ1n) is 12.3. The van der Waals surface area contributed by atoms with Gasteiger partial charge in [-0.15, -0.1) is 0 Å². The third kappa shape index (κ3) is 4.90. The highest BCUT2D eigenvalue weighted by atomic mass is 32.2. The van der Waals surface area contributed by atoms with Crippen LogP contribution < -0.4 is 10.1 Å². The summed E-state index contributed by atoms with van der Waals surface area (Å²) in [5, 5.41) is 21.5. The summed E-state index contributed by atoms with van der Waals surface area (Å²) < 4.78 is 10.0. The van der Waals surface area contributed by atoms with E-state index in [2.05, 4.69) is 25.7 Å². The fourth-order valence-electron chi connectivity index (χ4n) is 5.13. The molecule has 2 N–H and O–H groups in total. The minimum atomic E-state index is -1.17. The number of carboxylic acid groups (broad SMARTS) is 1. The Hall–Kier alpha value is -3.18. The molecule has 5 rings (SSSR count). The summed E-state index contributed by atoms with van der Waals surface area (Å²) in [6.45, 7) is 7.56. The standard InChI is InChI=1S/C25H31N7O3S/c1-15-12-26-20(16(2)23(15)35-3)13-32-28-19-11-17(7-10-31-8-5-4-6-9-31)18-14-36-30-24(27-25(33)34)22(29-32)21(18)19/h11-12H,4-10,13-14H2,1-3H3,(H,27,30)(H,33,34). The van der Waals surface area contributed by atoms with Crippen molar-refractivity contribution in [2.45, 2.75) is 51.8 Å². The summed E-state index contributed by atoms with van der Waals surface area (Å²) in [4.78, 5) is 20.2. The van der Waals surface area contributed by atoms with Gasteiger partial charge in [0, 0.05) is 35.2 Å². The molecule has 0 bridgehead atoms. The highest BCUT2D eigenvalue weighted by molar-refractivity contribution is 7.97. The van der Waals surface area contributed by atoms with Crippen molar-refractivity contribution in [3.05, 3.63) is 45.9 Å². The van der Waals surface area contributed by atoms with Gasteiger partial charge in [-0.05, 0) is 75.3 Å². The number of amides is 1. The van der Waals surface area contributed by atoms with Crippen LogP contribution in [0.4, 0.5) is 4.79 Å². The van der Waals surface area contributed by atoms with Gasteiger partial charge < -0.3 is 14.7 Å². The zero-order valence-corrected chi connectivity index (χ0v) is 21.7. The third-order valence-electron chi connectivity index (χ3n) is 6.93. The van der Waals surface area contributed by atoms with E-state index in [1.165, 1.54) is 36.8 Å². The molecular weight excluding hydrogens is 478 g/mol. The lowest BCUT2D eigenvalue weighted by molar-refractivity contribution is 0.200. The second-order valence-corrected chi connectivity index (χ2v) is 10.1. The highest BCUT2D eigenvalue weighted by Gasteiger charge is 2.29. The second kappa shape index (κ2) is 10.4. The summed E-state index contributed by atoms with van der Waals surface area (Å²) in [5.74, 6) is 1.67. The zero-order chi connectivity index (χ0) is 25.2. The molecule has 10 nitrogen and oxygen atoms in total. The Balaban J connectivity index is 1.54. The molecule has 0 unspecified atom stereocenters. The highest BCUT2D eigenvalue weighted by Crippen LogP contribution is 2.38. The number of aromatic nitrogens is 4. The fraction of sp³-hybridized carbons (Fsp3) is 0.480. The lowest BCUT2D eigenvalue weighted by Gasteiger charge is -2.26. The Kier molecular flexibility index (Phi) is 7.10. The number of nitrogens with zero attached hydrogens (tertiary/aromatic N) is 6. The van der Waals surface area contributed by atoms with Crippen molar-refractivity contribution in [3.8, 4) is 17.0 Å². The van der Waals surface area contributed by atoms with Crippen LogP contribution in [0.5, 0.6) is 5.75 Å². The van der Waals surface area contributed by atoms with Crippen LogP contribution in [0, 0.1) is 13.8 Å². The summed E-state index contributed by atoms with van der Waals surface area (Å²) in [7, 11) is 1.65. The number of aryl methyl sites for hydroxylation is 1. The first-order valence-corrected chi connectivity index (χ1v) is 13.2. The Labute approximate surface area is 214 Å². The molecule has 4 heterocycles. The number of methoxy groups -OCH3 is 1. The van der Waals surface area contributed by atoms with E-state index in [1.54, 1.807) is 18.1 Å². The number of hydrogen-bond donors (Lipinski definition) is 2. The average molecular weight is 510 g/mol. The summed E-state index contributed by atoms with van der Waals surface area (Å²) in [6.07, 6.45) is 5.37. The molecule has 1 fully saturated rings. The van der Waals surface area contributed by atoms with Gasteiger partial charge in [-0.3, -0.25) is 10.3 Å². The maximum Gasteiger partial charge on any atom is 0.410 e. The molecule has 0 saturated carbocycles. The fourth-order valence-corrected chi connectivity index (χ4v) is 5.92. The van der Waals surface area contributed by atoms with Gasteiger partial charge in [-0.1, -0.05) is 6.42 Å². The molecule has 1 aromatic heterocycles. The Bertz CT molecular complexity index is 1280. The van der Waals surface area contributed by atoms with Gasteiger partial charge in [-0.25, -0.2) is 4.79 Å². The molecule has 4 aliphatic rings. The number of rotatable bonds is 6. The van der Waals surface area contributed by atoms with Crippen molar-refractivity contribution < 1.29 is 14.6 Å². The predicted molar refractivity (Wildman–Crippen MR) is 139 cm³/mol. The predicted octanol–water partition coefficient (Wildman–Crippen LogP) is 3.66. The first kappa shape index (κ1) is 24.5. The van der Waals surface area contributed by atoms with E-state index in [9.17, 15) is 9.90 Å². The molecule has 0 radical (unpaired) electrons. The number of likely N-dealkylation sites (tertiary alicyclic amines) is 1. The van der Waals surface area contributed by atoms with Gasteiger partial charge in [-0.2, -0.15) is 19.4 Å². The van der Waals surface area contributed by atoms with Crippen molar-refractivity contribution in [2.24, 2.45) is 4.40 Å². The molecular formula is C25H31N7O3S. The number of ether oxygens (including phenoxy) is 1. The van der Waals surface area contributed by atoms with Crippen LogP contribution in [-0.4, -0.2) is 68.7 Å². The van der Waals surface area contributed by atoms with Gasteiger partial charge in [0.05, 0.1) is 18.5 Å². The van der Waals surface area contributed by atoms with E-state index in [0.717, 1.165) is 65.4 Å². The van der Waals surface area contributed by atoms with Crippen molar-refractivity contribution in [1.82, 2.24) is 30.2 Å². The molecule has 11 heteroatoms. The van der Waals surface area contributed by atoms with Gasteiger partial charge in [0.15, 0.2) is 5.84 Å². The number of nitrogens with one attached hydrogen (secondary N) is 1. The SMILES string of the molecule is COc1c(C)cnc(Cn2nc3cc(CCN4CCCCC4)c4c-3c(n2)C(NC(=O)O)=NSC4)c1C. The van der Waals surface area contributed by atoms with E-state index < -0.39 is 6.09 Å². The van der Waals surface area contributed by atoms with Gasteiger partial charge in [0.1, 0.15) is 18.0 Å². The van der Waals surface area contributed by atoms with Gasteiger partial charge >= 0.3 is 6.09 Å². The van der Waals surface area contributed by atoms with Crippen molar-refractivity contribution in [1.29, 1.82) is 0 Å². The third-order valence-corrected chi connectivity index (χ3v) is 7.66. The monoisotopic (exact) mass is 509 g/mol. The number of amidine groups is 1. The molecule has 1 saturated heterocycles. The number of carbonyl (C=O) groups is 1. The molecule has 190 valence electrons. The Morgan fingerprint density at radius 1 is 1.22 bits per heavy atom. The molecule has 3 aliphatic heterocycles. The molecule has 0 atom stereocenters. The zero-order valence-electron chi connectivity index (χ0n) is 20.9. The normalized spacial score (nSPS) is 16.0. The summed E-state index contributed by atoms with van der Waals surface area (Å²) in [5.41, 5.74) is 7.23. The number of hydrogen-bond acceptors (Lipinski definition) is 8. The van der Waals surface area contributed by atoms with E-state index in [-0.39, 0.29) is 5.84 Å². The van der Waals surface area contributed by atoms with Crippen LogP contribution in [0.1, 0.15) is 52.9 Å². The van der Waals surface area contributed by atoms with Crippen LogP contribution in [0.3, 0.4) is 0 Å². The van der Waals surface area contributed by atoms with Crippen LogP contribution in [0.25, 0.3) is 11.3 Å². The largest absolute Gasteiger partial charge is 0.496 e.